The van der Waals surface area contributed by atoms with Crippen LogP contribution in [0.2, 0.25) is 0 Å². The first-order valence-corrected chi connectivity index (χ1v) is 16.0. The van der Waals surface area contributed by atoms with Crippen LogP contribution in [0.15, 0.2) is 53.7 Å². The Labute approximate surface area is 290 Å². The molecule has 2 aromatic carbocycles. The number of nitrogens with one attached hydrogen (secondary N) is 1. The van der Waals surface area contributed by atoms with E-state index in [1.165, 1.54) is 31.6 Å². The second-order valence-electron chi connectivity index (χ2n) is 12.6. The van der Waals surface area contributed by atoms with Crippen LogP contribution in [0.3, 0.4) is 0 Å². The quantitative estimate of drug-likeness (QED) is 0.118. The van der Waals surface area contributed by atoms with E-state index in [2.05, 4.69) is 22.3 Å². The van der Waals surface area contributed by atoms with E-state index in [-0.39, 0.29) is 47.6 Å². The average Bonchev–Trinajstić information content (AvgIpc) is 3.54. The van der Waals surface area contributed by atoms with Crippen LogP contribution in [0, 0.1) is 49.1 Å². The fraction of sp³-hybridized carbons (Fsp3) is 0.351. The van der Waals surface area contributed by atoms with Gasteiger partial charge in [0.25, 0.3) is 5.56 Å². The molecule has 51 heavy (non-hydrogen) atoms. The summed E-state index contributed by atoms with van der Waals surface area (Å²) in [5, 5.41) is 16.2. The Balaban J connectivity index is 1.87. The molecule has 2 atom stereocenters. The third kappa shape index (κ3) is 8.89. The maximum atomic E-state index is 16.6. The number of benzene rings is 2. The molecule has 2 aromatic heterocycles. The number of alkyl halides is 3. The maximum absolute atomic E-state index is 16.6. The maximum Gasteiger partial charge on any atom is 0.416 e. The molecule has 0 aliphatic rings. The van der Waals surface area contributed by atoms with Gasteiger partial charge in [-0.25, -0.2) is 13.2 Å². The summed E-state index contributed by atoms with van der Waals surface area (Å²) in [5.74, 6) is -0.966. The van der Waals surface area contributed by atoms with Gasteiger partial charge in [-0.3, -0.25) is 19.1 Å². The number of carboxylic acid groups (broad SMARTS) is 1. The Bertz CT molecular complexity index is 2040. The van der Waals surface area contributed by atoms with Gasteiger partial charge >= 0.3 is 12.1 Å². The molecule has 0 saturated carbocycles. The lowest BCUT2D eigenvalue weighted by atomic mass is 9.89. The van der Waals surface area contributed by atoms with Crippen LogP contribution in [0.25, 0.3) is 11.1 Å². The predicted octanol–water partition coefficient (Wildman–Crippen LogP) is 7.30. The van der Waals surface area contributed by atoms with Gasteiger partial charge in [0.05, 0.1) is 23.6 Å². The molecule has 0 radical (unpaired) electrons. The van der Waals surface area contributed by atoms with E-state index in [9.17, 15) is 37.1 Å². The summed E-state index contributed by atoms with van der Waals surface area (Å²) >= 11 is 0. The topological polar surface area (TPSA) is 106 Å². The summed E-state index contributed by atoms with van der Waals surface area (Å²) in [6.07, 6.45) is -2.32. The summed E-state index contributed by atoms with van der Waals surface area (Å²) in [4.78, 5) is 39.4. The van der Waals surface area contributed by atoms with Crippen LogP contribution in [0.4, 0.5) is 26.3 Å². The van der Waals surface area contributed by atoms with Crippen molar-refractivity contribution < 1.29 is 41.0 Å². The molecule has 0 aliphatic heterocycles. The molecule has 4 aromatic rings. The number of hydrogen-bond donors (Lipinski definition) is 2. The highest BCUT2D eigenvalue weighted by Gasteiger charge is 2.36. The number of amides is 1. The van der Waals surface area contributed by atoms with Gasteiger partial charge in [0.1, 0.15) is 23.5 Å². The second kappa shape index (κ2) is 15.7. The second-order valence-corrected chi connectivity index (χ2v) is 12.6. The SMILES string of the molecule is CC#Cc1cc(-c2c(C)cc(F)cc2C)c(F)c([C@H](CC(=O)O)NC(=O)[C@@H](CC(C)C)n2cc(CCn3cccn3)c(C(F)(F)F)cc2=O)c1F. The van der Waals surface area contributed by atoms with Crippen molar-refractivity contribution in [2.45, 2.75) is 78.7 Å². The molecule has 1 amide bonds. The van der Waals surface area contributed by atoms with E-state index in [0.29, 0.717) is 17.2 Å². The number of nitrogens with zero attached hydrogens (tertiary/aromatic N) is 3. The molecule has 4 rings (SSSR count). The van der Waals surface area contributed by atoms with Gasteiger partial charge < -0.3 is 15.0 Å². The monoisotopic (exact) mass is 714 g/mol. The molecular weight excluding hydrogens is 678 g/mol. The molecule has 0 unspecified atom stereocenters. The number of aromatic nitrogens is 3. The van der Waals surface area contributed by atoms with E-state index in [1.807, 2.05) is 0 Å². The standard InChI is InChI=1S/C37H36F6N4O4/c1-6-8-23-16-26(32-21(4)14-25(38)15-22(32)5)35(40)33(34(23)39)28(18-31(49)50)45-36(51)29(13-20(2)3)47-19-24(9-12-46-11-7-10-44-46)27(17-30(47)48)37(41,42)43/h7,10-11,14-17,19-20,28-29H,9,12-13,18H2,1-5H3,(H,45,51)(H,49,50)/t28-,29+/m0/s1. The van der Waals surface area contributed by atoms with Crippen molar-refractivity contribution >= 4 is 11.9 Å². The number of aliphatic carboxylic acids is 1. The van der Waals surface area contributed by atoms with E-state index in [0.717, 1.165) is 29.0 Å². The highest BCUT2D eigenvalue weighted by molar-refractivity contribution is 5.82. The molecule has 0 fully saturated rings. The molecular formula is C37H36F6N4O4. The number of carbonyl (C=O) groups excluding carboxylic acids is 1. The molecule has 0 saturated heterocycles. The minimum Gasteiger partial charge on any atom is -0.481 e. The minimum atomic E-state index is -4.90. The lowest BCUT2D eigenvalue weighted by molar-refractivity contribution is -0.139. The van der Waals surface area contributed by atoms with E-state index >= 15 is 8.78 Å². The van der Waals surface area contributed by atoms with Gasteiger partial charge in [-0.15, -0.1) is 5.92 Å². The summed E-state index contributed by atoms with van der Waals surface area (Å²) in [6.45, 7) is 7.81. The van der Waals surface area contributed by atoms with Crippen LogP contribution in [-0.2, 0) is 28.7 Å². The molecule has 2 N–H and O–H groups in total. The number of rotatable bonds is 12. The lowest BCUT2D eigenvalue weighted by Gasteiger charge is -2.27. The first-order valence-electron chi connectivity index (χ1n) is 16.0. The van der Waals surface area contributed by atoms with Crippen molar-refractivity contribution in [3.05, 3.63) is 110 Å². The zero-order valence-electron chi connectivity index (χ0n) is 28.5. The molecule has 270 valence electrons. The zero-order valence-corrected chi connectivity index (χ0v) is 28.5. The fourth-order valence-electron chi connectivity index (χ4n) is 6.13. The van der Waals surface area contributed by atoms with E-state index in [4.69, 9.17) is 0 Å². The summed E-state index contributed by atoms with van der Waals surface area (Å²) in [7, 11) is 0. The molecule has 8 nitrogen and oxygen atoms in total. The number of aryl methyl sites for hydroxylation is 4. The Kier molecular flexibility index (Phi) is 11.8. The van der Waals surface area contributed by atoms with Crippen molar-refractivity contribution in [2.75, 3.05) is 0 Å². The zero-order chi connectivity index (χ0) is 37.8. The normalized spacial score (nSPS) is 12.7. The highest BCUT2D eigenvalue weighted by Crippen LogP contribution is 2.38. The Morgan fingerprint density at radius 2 is 1.71 bits per heavy atom. The Hall–Kier alpha value is -5.32. The van der Waals surface area contributed by atoms with Crippen LogP contribution < -0.4 is 10.9 Å². The largest absolute Gasteiger partial charge is 0.481 e. The number of carboxylic acids is 1. The van der Waals surface area contributed by atoms with Crippen molar-refractivity contribution in [3.8, 4) is 23.0 Å². The Morgan fingerprint density at radius 1 is 1.04 bits per heavy atom. The van der Waals surface area contributed by atoms with Gasteiger partial charge in [0, 0.05) is 42.3 Å². The highest BCUT2D eigenvalue weighted by atomic mass is 19.4. The van der Waals surface area contributed by atoms with Gasteiger partial charge in [-0.05, 0) is 86.1 Å². The van der Waals surface area contributed by atoms with Crippen molar-refractivity contribution in [1.82, 2.24) is 19.7 Å². The van der Waals surface area contributed by atoms with Crippen molar-refractivity contribution in [1.29, 1.82) is 0 Å². The van der Waals surface area contributed by atoms with E-state index < -0.39 is 70.7 Å². The third-order valence-corrected chi connectivity index (χ3v) is 8.28. The molecule has 0 spiro atoms. The first kappa shape index (κ1) is 38.5. The minimum absolute atomic E-state index is 0.0148. The van der Waals surface area contributed by atoms with Crippen LogP contribution in [-0.4, -0.2) is 31.3 Å². The fourth-order valence-corrected chi connectivity index (χ4v) is 6.13. The van der Waals surface area contributed by atoms with Crippen molar-refractivity contribution in [3.63, 3.8) is 0 Å². The van der Waals surface area contributed by atoms with Gasteiger partial charge in [-0.1, -0.05) is 19.8 Å². The van der Waals surface area contributed by atoms with Gasteiger partial charge in [-0.2, -0.15) is 18.3 Å². The summed E-state index contributed by atoms with van der Waals surface area (Å²) in [5.41, 5.74) is -3.26. The molecule has 0 bridgehead atoms. The molecule has 0 aliphatic carbocycles. The molecule has 14 heteroatoms. The Morgan fingerprint density at radius 3 is 2.25 bits per heavy atom. The number of pyridine rings is 1. The van der Waals surface area contributed by atoms with Crippen LogP contribution in [0.5, 0.6) is 0 Å². The smallest absolute Gasteiger partial charge is 0.416 e. The van der Waals surface area contributed by atoms with Gasteiger partial charge in [0.15, 0.2) is 0 Å². The summed E-state index contributed by atoms with van der Waals surface area (Å²) in [6, 6.07) is 2.01. The van der Waals surface area contributed by atoms with E-state index in [1.54, 1.807) is 26.1 Å². The van der Waals surface area contributed by atoms with Crippen molar-refractivity contribution in [2.24, 2.45) is 5.92 Å². The number of halogens is 6. The van der Waals surface area contributed by atoms with Crippen LogP contribution in [0.1, 0.15) is 79.1 Å². The number of carbonyl (C=O) groups is 2. The predicted molar refractivity (Wildman–Crippen MR) is 177 cm³/mol. The molecule has 2 heterocycles. The first-order chi connectivity index (χ1) is 23.9. The number of hydrogen-bond acceptors (Lipinski definition) is 4. The van der Waals surface area contributed by atoms with Gasteiger partial charge in [0.2, 0.25) is 5.91 Å². The average molecular weight is 715 g/mol. The summed E-state index contributed by atoms with van der Waals surface area (Å²) < 4.78 is 91.2. The lowest BCUT2D eigenvalue weighted by Crippen LogP contribution is -2.41. The third-order valence-electron chi connectivity index (χ3n) is 8.28. The van der Waals surface area contributed by atoms with Crippen LogP contribution >= 0.6 is 0 Å².